The van der Waals surface area contributed by atoms with Gasteiger partial charge in [0.05, 0.1) is 11.4 Å². The number of hydrogen-bond donors (Lipinski definition) is 2. The summed E-state index contributed by atoms with van der Waals surface area (Å²) in [5, 5.41) is 0. The van der Waals surface area contributed by atoms with Crippen LogP contribution < -0.4 is 11.5 Å². The van der Waals surface area contributed by atoms with E-state index in [1.807, 2.05) is 41.5 Å². The van der Waals surface area contributed by atoms with Crippen molar-refractivity contribution in [1.82, 2.24) is 0 Å². The normalized spacial score (nSPS) is 7.25. The molecule has 0 aliphatic heterocycles. The maximum atomic E-state index is 12.6. The Labute approximate surface area is 99.8 Å². The highest BCUT2D eigenvalue weighted by Gasteiger charge is 1.99. The summed E-state index contributed by atoms with van der Waals surface area (Å²) in [5.74, 6) is -0.313. The predicted molar refractivity (Wildman–Crippen MR) is 74.0 cm³/mol. The molecule has 4 N–H and O–H groups in total. The molecule has 0 bridgehead atoms. The molecule has 1 aromatic rings. The lowest BCUT2D eigenvalue weighted by atomic mass is 10.2. The Morgan fingerprint density at radius 2 is 1.12 bits per heavy atom. The zero-order chi connectivity index (χ0) is 13.7. The highest BCUT2D eigenvalue weighted by molar-refractivity contribution is 5.64. The average Bonchev–Trinajstić information content (AvgIpc) is 2.34. The first kappa shape index (κ1) is 20.2. The van der Waals surface area contributed by atoms with Gasteiger partial charge in [0, 0.05) is 0 Å². The van der Waals surface area contributed by atoms with E-state index in [0.717, 1.165) is 0 Å². The molecule has 0 fully saturated rings. The molecular weight excluding hydrogens is 203 g/mol. The zero-order valence-electron chi connectivity index (χ0n) is 11.7. The lowest BCUT2D eigenvalue weighted by molar-refractivity contribution is 0.619. The third-order valence-corrected chi connectivity index (χ3v) is 1.36. The molecule has 0 heterocycles. The molecule has 0 saturated heterocycles. The summed E-state index contributed by atoms with van der Waals surface area (Å²) in [5.41, 5.74) is 12.0. The van der Waals surface area contributed by atoms with Crippen molar-refractivity contribution in [3.05, 3.63) is 23.5 Å². The number of hydrogen-bond acceptors (Lipinski definition) is 2. The Morgan fingerprint density at radius 1 is 0.812 bits per heavy atom. The lowest BCUT2D eigenvalue weighted by Crippen LogP contribution is -1.96. The monoisotopic (exact) mass is 230 g/mol. The van der Waals surface area contributed by atoms with Gasteiger partial charge < -0.3 is 11.5 Å². The predicted octanol–water partition coefficient (Wildman–Crippen LogP) is 4.38. The van der Waals surface area contributed by atoms with E-state index >= 15 is 0 Å². The molecule has 1 rings (SSSR count). The van der Waals surface area contributed by atoms with Crippen LogP contribution in [0.25, 0.3) is 0 Å². The van der Waals surface area contributed by atoms with Gasteiger partial charge in [-0.3, -0.25) is 0 Å². The van der Waals surface area contributed by atoms with Gasteiger partial charge in [-0.25, -0.2) is 4.39 Å². The number of aryl methyl sites for hydroxylation is 1. The quantitative estimate of drug-likeness (QED) is 0.650. The summed E-state index contributed by atoms with van der Waals surface area (Å²) < 4.78 is 12.6. The van der Waals surface area contributed by atoms with Crippen LogP contribution in [0, 0.1) is 12.7 Å². The van der Waals surface area contributed by atoms with Crippen LogP contribution in [0.5, 0.6) is 0 Å². The van der Waals surface area contributed by atoms with Gasteiger partial charge in [-0.2, -0.15) is 0 Å². The van der Waals surface area contributed by atoms with Crippen LogP contribution in [0.1, 0.15) is 47.1 Å². The fourth-order valence-corrected chi connectivity index (χ4v) is 0.719. The smallest absolute Gasteiger partial charge is 0.128 e. The number of benzene rings is 1. The van der Waals surface area contributed by atoms with Crippen molar-refractivity contribution in [2.75, 3.05) is 11.5 Å². The Balaban J connectivity index is -0.000000245. The fraction of sp³-hybridized carbons (Fsp3) is 0.538. The van der Waals surface area contributed by atoms with Gasteiger partial charge in [-0.05, 0) is 24.6 Å². The Bertz CT molecular complexity index is 210. The molecule has 3 heteroatoms. The van der Waals surface area contributed by atoms with Crippen molar-refractivity contribution in [3.63, 3.8) is 0 Å². The number of halogens is 1. The van der Waals surface area contributed by atoms with Crippen LogP contribution in [0.3, 0.4) is 0 Å². The summed E-state index contributed by atoms with van der Waals surface area (Å²) in [7, 11) is 0. The van der Waals surface area contributed by atoms with Gasteiger partial charge >= 0.3 is 0 Å². The number of rotatable bonds is 0. The average molecular weight is 230 g/mol. The topological polar surface area (TPSA) is 52.0 Å². The van der Waals surface area contributed by atoms with E-state index < -0.39 is 0 Å². The number of nitrogen functional groups attached to an aromatic ring is 2. The second-order valence-corrected chi connectivity index (χ2v) is 2.23. The second kappa shape index (κ2) is 13.8. The van der Waals surface area contributed by atoms with Crippen LogP contribution in [0.4, 0.5) is 15.8 Å². The van der Waals surface area contributed by atoms with Gasteiger partial charge in [0.2, 0.25) is 0 Å². The van der Waals surface area contributed by atoms with Gasteiger partial charge in [0.1, 0.15) is 5.82 Å². The number of nitrogens with two attached hydrogens (primary N) is 2. The van der Waals surface area contributed by atoms with Gasteiger partial charge in [-0.15, -0.1) is 0 Å². The largest absolute Gasteiger partial charge is 0.397 e. The third-order valence-electron chi connectivity index (χ3n) is 1.36. The molecule has 2 nitrogen and oxygen atoms in total. The summed E-state index contributed by atoms with van der Waals surface area (Å²) in [4.78, 5) is 0. The molecule has 0 aliphatic rings. The molecule has 0 unspecified atom stereocenters. The summed E-state index contributed by atoms with van der Waals surface area (Å²) in [6, 6.07) is 2.75. The number of anilines is 2. The molecule has 0 saturated carbocycles. The maximum Gasteiger partial charge on any atom is 0.128 e. The highest BCUT2D eigenvalue weighted by atomic mass is 19.1. The first-order valence-electron chi connectivity index (χ1n) is 5.92. The van der Waals surface area contributed by atoms with E-state index in [2.05, 4.69) is 0 Å². The van der Waals surface area contributed by atoms with Crippen molar-refractivity contribution < 1.29 is 4.39 Å². The minimum Gasteiger partial charge on any atom is -0.397 e. The van der Waals surface area contributed by atoms with Crippen LogP contribution in [-0.2, 0) is 0 Å². The standard InChI is InChI=1S/C7H9FN2.3C2H6/c1-4-2-6(9)7(10)3-5(4)8;3*1-2/h2-3H,9-10H2,1H3;3*1-2H3. The second-order valence-electron chi connectivity index (χ2n) is 2.23. The fourth-order valence-electron chi connectivity index (χ4n) is 0.719. The zero-order valence-corrected chi connectivity index (χ0v) is 11.7. The van der Waals surface area contributed by atoms with Crippen LogP contribution in [0.2, 0.25) is 0 Å². The lowest BCUT2D eigenvalue weighted by Gasteiger charge is -2.01. The van der Waals surface area contributed by atoms with E-state index in [9.17, 15) is 4.39 Å². The van der Waals surface area contributed by atoms with Gasteiger partial charge in [0.15, 0.2) is 0 Å². The van der Waals surface area contributed by atoms with Crippen molar-refractivity contribution in [2.45, 2.75) is 48.5 Å². The Kier molecular flexibility index (Phi) is 17.4. The van der Waals surface area contributed by atoms with Crippen molar-refractivity contribution in [2.24, 2.45) is 0 Å². The molecule has 0 aliphatic carbocycles. The third kappa shape index (κ3) is 8.09. The van der Waals surface area contributed by atoms with E-state index in [1.165, 1.54) is 12.1 Å². The Hall–Kier alpha value is -1.25. The van der Waals surface area contributed by atoms with Gasteiger partial charge in [0.25, 0.3) is 0 Å². The van der Waals surface area contributed by atoms with E-state index in [1.54, 1.807) is 6.92 Å². The first-order chi connectivity index (χ1) is 7.61. The van der Waals surface area contributed by atoms with Crippen molar-refractivity contribution >= 4 is 11.4 Å². The van der Waals surface area contributed by atoms with Crippen molar-refractivity contribution in [1.29, 1.82) is 0 Å². The molecule has 0 amide bonds. The summed E-state index contributed by atoms with van der Waals surface area (Å²) in [6.45, 7) is 13.6. The first-order valence-corrected chi connectivity index (χ1v) is 5.92. The van der Waals surface area contributed by atoms with Crippen LogP contribution in [-0.4, -0.2) is 0 Å². The summed E-state index contributed by atoms with van der Waals surface area (Å²) in [6.07, 6.45) is 0. The molecule has 96 valence electrons. The van der Waals surface area contributed by atoms with Crippen LogP contribution in [0.15, 0.2) is 12.1 Å². The minimum absolute atomic E-state index is 0.295. The van der Waals surface area contributed by atoms with E-state index in [-0.39, 0.29) is 5.82 Å². The van der Waals surface area contributed by atoms with Gasteiger partial charge in [-0.1, -0.05) is 41.5 Å². The maximum absolute atomic E-state index is 12.6. The summed E-state index contributed by atoms with van der Waals surface area (Å²) >= 11 is 0. The van der Waals surface area contributed by atoms with Crippen molar-refractivity contribution in [3.8, 4) is 0 Å². The van der Waals surface area contributed by atoms with E-state index in [0.29, 0.717) is 16.9 Å². The molecule has 16 heavy (non-hydrogen) atoms. The molecule has 0 radical (unpaired) electrons. The van der Waals surface area contributed by atoms with Crippen LogP contribution >= 0.6 is 0 Å². The molecule has 0 aromatic heterocycles. The Morgan fingerprint density at radius 3 is 1.44 bits per heavy atom. The molecule has 0 spiro atoms. The minimum atomic E-state index is -0.313. The molecule has 0 atom stereocenters. The molecular formula is C13H27FN2. The van der Waals surface area contributed by atoms with E-state index in [4.69, 9.17) is 11.5 Å². The molecule has 1 aromatic carbocycles. The highest BCUT2D eigenvalue weighted by Crippen LogP contribution is 2.18. The SMILES string of the molecule is CC.CC.CC.Cc1cc(N)c(N)cc1F.